The molecule has 0 amide bonds. The molecule has 1 aromatic rings. The highest BCUT2D eigenvalue weighted by Gasteiger charge is 2.20. The summed E-state index contributed by atoms with van der Waals surface area (Å²) in [7, 11) is 0. The summed E-state index contributed by atoms with van der Waals surface area (Å²) in [4.78, 5) is 12.0. The number of Topliss-reactive ketones (excluding diaryl/α,β-unsaturated/α-hetero) is 1. The van der Waals surface area contributed by atoms with Crippen LogP contribution >= 0.6 is 11.6 Å². The molecule has 1 unspecified atom stereocenters. The molecule has 0 aliphatic carbocycles. The second-order valence-corrected chi connectivity index (χ2v) is 4.48. The minimum absolute atomic E-state index is 0.0177. The molecule has 0 fully saturated rings. The zero-order valence-corrected chi connectivity index (χ0v) is 11.5. The molecule has 2 nitrogen and oxygen atoms in total. The van der Waals surface area contributed by atoms with Gasteiger partial charge in [0.25, 0.3) is 0 Å². The summed E-state index contributed by atoms with van der Waals surface area (Å²) >= 11 is 5.90. The molecule has 4 heteroatoms. The summed E-state index contributed by atoms with van der Waals surface area (Å²) in [6, 6.07) is 4.42. The van der Waals surface area contributed by atoms with Crippen molar-refractivity contribution in [3.05, 3.63) is 34.6 Å². The Balaban J connectivity index is 2.79. The minimum atomic E-state index is -0.462. The fourth-order valence-electron chi connectivity index (χ4n) is 1.79. The first kappa shape index (κ1) is 15.1. The van der Waals surface area contributed by atoms with Crippen molar-refractivity contribution in [2.75, 3.05) is 6.61 Å². The monoisotopic (exact) mass is 272 g/mol. The van der Waals surface area contributed by atoms with Gasteiger partial charge in [0.2, 0.25) is 0 Å². The Morgan fingerprint density at radius 3 is 2.72 bits per heavy atom. The first-order chi connectivity index (χ1) is 8.60. The second kappa shape index (κ2) is 7.49. The molecule has 1 rings (SSSR count). The van der Waals surface area contributed by atoms with Crippen molar-refractivity contribution >= 4 is 17.4 Å². The number of hydrogen-bond donors (Lipinski definition) is 0. The maximum Gasteiger partial charge on any atom is 0.166 e. The van der Waals surface area contributed by atoms with Gasteiger partial charge in [0.1, 0.15) is 11.9 Å². The lowest BCUT2D eigenvalue weighted by atomic mass is 10.0. The summed E-state index contributed by atoms with van der Waals surface area (Å²) < 4.78 is 18.9. The molecule has 0 aliphatic rings. The number of ether oxygens (including phenoxy) is 1. The summed E-state index contributed by atoms with van der Waals surface area (Å²) in [5.41, 5.74) is 0.255. The highest BCUT2D eigenvalue weighted by atomic mass is 35.5. The quantitative estimate of drug-likeness (QED) is 0.755. The van der Waals surface area contributed by atoms with Gasteiger partial charge in [0.15, 0.2) is 5.78 Å². The van der Waals surface area contributed by atoms with E-state index in [1.807, 2.05) is 13.8 Å². The van der Waals surface area contributed by atoms with Gasteiger partial charge in [0, 0.05) is 23.6 Å². The van der Waals surface area contributed by atoms with Gasteiger partial charge in [-0.15, -0.1) is 0 Å². The molecule has 18 heavy (non-hydrogen) atoms. The van der Waals surface area contributed by atoms with Gasteiger partial charge >= 0.3 is 0 Å². The lowest BCUT2D eigenvalue weighted by Crippen LogP contribution is -2.26. The van der Waals surface area contributed by atoms with Crippen LogP contribution in [-0.2, 0) is 16.0 Å². The van der Waals surface area contributed by atoms with Crippen LogP contribution in [0, 0.1) is 5.82 Å². The largest absolute Gasteiger partial charge is 0.371 e. The Hall–Kier alpha value is -0.930. The summed E-state index contributed by atoms with van der Waals surface area (Å²) in [5.74, 6) is -0.562. The van der Waals surface area contributed by atoms with Crippen LogP contribution in [0.25, 0.3) is 0 Å². The Morgan fingerprint density at radius 2 is 2.17 bits per heavy atom. The smallest absolute Gasteiger partial charge is 0.166 e. The van der Waals surface area contributed by atoms with Crippen LogP contribution in [0.15, 0.2) is 18.2 Å². The van der Waals surface area contributed by atoms with Crippen LogP contribution in [0.2, 0.25) is 5.02 Å². The molecule has 0 spiro atoms. The van der Waals surface area contributed by atoms with Crippen LogP contribution in [0.4, 0.5) is 4.39 Å². The van der Waals surface area contributed by atoms with E-state index >= 15 is 0 Å². The normalized spacial score (nSPS) is 12.4. The van der Waals surface area contributed by atoms with Crippen LogP contribution < -0.4 is 0 Å². The van der Waals surface area contributed by atoms with Gasteiger partial charge in [-0.05, 0) is 25.5 Å². The van der Waals surface area contributed by atoms with Crippen LogP contribution in [-0.4, -0.2) is 18.5 Å². The van der Waals surface area contributed by atoms with Crippen molar-refractivity contribution in [2.45, 2.75) is 39.2 Å². The SMILES string of the molecule is CCCC(OCC)C(=O)Cc1c(F)cccc1Cl. The van der Waals surface area contributed by atoms with E-state index in [4.69, 9.17) is 16.3 Å². The van der Waals surface area contributed by atoms with Crippen LogP contribution in [0.3, 0.4) is 0 Å². The van der Waals surface area contributed by atoms with Crippen molar-refractivity contribution in [1.82, 2.24) is 0 Å². The zero-order valence-electron chi connectivity index (χ0n) is 10.7. The number of carbonyl (C=O) groups excluding carboxylic acids is 1. The van der Waals surface area contributed by atoms with E-state index < -0.39 is 11.9 Å². The molecule has 0 bridgehead atoms. The number of hydrogen-bond acceptors (Lipinski definition) is 2. The average molecular weight is 273 g/mol. The predicted octanol–water partition coefficient (Wildman–Crippen LogP) is 3.80. The predicted molar refractivity (Wildman–Crippen MR) is 70.4 cm³/mol. The second-order valence-electron chi connectivity index (χ2n) is 4.08. The van der Waals surface area contributed by atoms with Crippen molar-refractivity contribution < 1.29 is 13.9 Å². The molecule has 0 aromatic heterocycles. The van der Waals surface area contributed by atoms with E-state index in [2.05, 4.69) is 0 Å². The Labute approximate surface area is 112 Å². The van der Waals surface area contributed by atoms with Crippen molar-refractivity contribution in [1.29, 1.82) is 0 Å². The van der Waals surface area contributed by atoms with E-state index in [-0.39, 0.29) is 22.8 Å². The van der Waals surface area contributed by atoms with E-state index in [9.17, 15) is 9.18 Å². The number of carbonyl (C=O) groups is 1. The van der Waals surface area contributed by atoms with Crippen molar-refractivity contribution in [3.8, 4) is 0 Å². The van der Waals surface area contributed by atoms with Crippen LogP contribution in [0.1, 0.15) is 32.3 Å². The van der Waals surface area contributed by atoms with E-state index in [0.717, 1.165) is 6.42 Å². The molecular formula is C14H18ClFO2. The van der Waals surface area contributed by atoms with Gasteiger partial charge in [-0.2, -0.15) is 0 Å². The third kappa shape index (κ3) is 4.07. The lowest BCUT2D eigenvalue weighted by Gasteiger charge is -2.15. The van der Waals surface area contributed by atoms with Gasteiger partial charge in [-0.1, -0.05) is 31.0 Å². The van der Waals surface area contributed by atoms with Gasteiger partial charge in [0.05, 0.1) is 0 Å². The first-order valence-corrected chi connectivity index (χ1v) is 6.55. The standard InChI is InChI=1S/C14H18ClFO2/c1-3-6-14(18-4-2)13(17)9-10-11(15)7-5-8-12(10)16/h5,7-8,14H,3-4,6,9H2,1-2H3. The number of rotatable bonds is 7. The maximum atomic E-state index is 13.6. The number of benzene rings is 1. The molecule has 0 heterocycles. The zero-order chi connectivity index (χ0) is 13.5. The number of ketones is 1. The lowest BCUT2D eigenvalue weighted by molar-refractivity contribution is -0.130. The van der Waals surface area contributed by atoms with Crippen molar-refractivity contribution in [2.24, 2.45) is 0 Å². The molecular weight excluding hydrogens is 255 g/mol. The van der Waals surface area contributed by atoms with E-state index in [0.29, 0.717) is 13.0 Å². The topological polar surface area (TPSA) is 26.3 Å². The van der Waals surface area contributed by atoms with Crippen molar-refractivity contribution in [3.63, 3.8) is 0 Å². The molecule has 0 saturated carbocycles. The van der Waals surface area contributed by atoms with E-state index in [1.165, 1.54) is 12.1 Å². The number of halogens is 2. The Bertz CT molecular complexity index is 381. The molecule has 0 radical (unpaired) electrons. The van der Waals surface area contributed by atoms with Gasteiger partial charge in [-0.3, -0.25) is 4.79 Å². The summed E-state index contributed by atoms with van der Waals surface area (Å²) in [6.07, 6.45) is 1.02. The third-order valence-electron chi connectivity index (χ3n) is 2.69. The molecule has 0 saturated heterocycles. The average Bonchev–Trinajstić information content (AvgIpc) is 2.33. The third-order valence-corrected chi connectivity index (χ3v) is 3.04. The van der Waals surface area contributed by atoms with Gasteiger partial charge in [-0.25, -0.2) is 4.39 Å². The molecule has 1 atom stereocenters. The van der Waals surface area contributed by atoms with Crippen LogP contribution in [0.5, 0.6) is 0 Å². The summed E-state index contributed by atoms with van der Waals surface area (Å²) in [6.45, 7) is 4.29. The molecule has 100 valence electrons. The summed E-state index contributed by atoms with van der Waals surface area (Å²) in [5, 5.41) is 0.287. The highest BCUT2D eigenvalue weighted by Crippen LogP contribution is 2.21. The fourth-order valence-corrected chi connectivity index (χ4v) is 2.02. The maximum absolute atomic E-state index is 13.6. The first-order valence-electron chi connectivity index (χ1n) is 6.17. The molecule has 1 aromatic carbocycles. The Kier molecular flexibility index (Phi) is 6.30. The van der Waals surface area contributed by atoms with E-state index in [1.54, 1.807) is 6.07 Å². The van der Waals surface area contributed by atoms with Gasteiger partial charge < -0.3 is 4.74 Å². The molecule has 0 N–H and O–H groups in total. The fraction of sp³-hybridized carbons (Fsp3) is 0.500. The Morgan fingerprint density at radius 1 is 1.44 bits per heavy atom. The highest BCUT2D eigenvalue weighted by molar-refractivity contribution is 6.31. The molecule has 0 aliphatic heterocycles. The minimum Gasteiger partial charge on any atom is -0.371 e.